The van der Waals surface area contributed by atoms with Gasteiger partial charge >= 0.3 is 5.97 Å². The Kier molecular flexibility index (Phi) is 5.09. The summed E-state index contributed by atoms with van der Waals surface area (Å²) in [5.74, 6) is -0.944. The molecule has 0 aliphatic carbocycles. The van der Waals surface area contributed by atoms with Crippen molar-refractivity contribution in [2.45, 2.75) is 39.2 Å². The van der Waals surface area contributed by atoms with Crippen LogP contribution in [0.3, 0.4) is 0 Å². The molecular formula is C11H16N2O3S. The second kappa shape index (κ2) is 6.34. The second-order valence-corrected chi connectivity index (χ2v) is 5.14. The predicted octanol–water partition coefficient (Wildman–Crippen LogP) is 1.82. The van der Waals surface area contributed by atoms with Crippen LogP contribution in [0.15, 0.2) is 6.20 Å². The summed E-state index contributed by atoms with van der Waals surface area (Å²) in [4.78, 5) is 26.6. The number of carboxylic acids is 1. The van der Waals surface area contributed by atoms with Gasteiger partial charge in [-0.1, -0.05) is 0 Å². The van der Waals surface area contributed by atoms with Crippen LogP contribution in [0.4, 0.5) is 0 Å². The van der Waals surface area contributed by atoms with Gasteiger partial charge in [-0.15, -0.1) is 11.3 Å². The summed E-state index contributed by atoms with van der Waals surface area (Å²) in [6.07, 6.45) is 2.92. The lowest BCUT2D eigenvalue weighted by molar-refractivity contribution is -0.137. The number of nitrogens with one attached hydrogen (secondary N) is 1. The quantitative estimate of drug-likeness (QED) is 0.813. The van der Waals surface area contributed by atoms with Crippen molar-refractivity contribution >= 4 is 23.2 Å². The molecule has 0 saturated heterocycles. The Bertz CT molecular complexity index is 403. The van der Waals surface area contributed by atoms with Gasteiger partial charge in [-0.3, -0.25) is 9.59 Å². The molecule has 1 amide bonds. The number of carbonyl (C=O) groups excluding carboxylic acids is 1. The van der Waals surface area contributed by atoms with Crippen LogP contribution in [0.25, 0.3) is 0 Å². The first kappa shape index (κ1) is 13.6. The minimum Gasteiger partial charge on any atom is -0.481 e. The third-order valence-electron chi connectivity index (χ3n) is 2.25. The lowest BCUT2D eigenvalue weighted by Gasteiger charge is -2.11. The van der Waals surface area contributed by atoms with E-state index < -0.39 is 5.97 Å². The van der Waals surface area contributed by atoms with E-state index in [1.54, 1.807) is 6.20 Å². The number of rotatable bonds is 6. The Hall–Kier alpha value is -1.43. The Morgan fingerprint density at radius 1 is 1.59 bits per heavy atom. The van der Waals surface area contributed by atoms with Crippen molar-refractivity contribution in [3.8, 4) is 0 Å². The van der Waals surface area contributed by atoms with Gasteiger partial charge in [0, 0.05) is 12.5 Å². The number of thiazole rings is 1. The smallest absolute Gasteiger partial charge is 0.303 e. The van der Waals surface area contributed by atoms with Crippen LogP contribution in [0.5, 0.6) is 0 Å². The van der Waals surface area contributed by atoms with Gasteiger partial charge in [0.1, 0.15) is 4.88 Å². The van der Waals surface area contributed by atoms with Gasteiger partial charge in [-0.25, -0.2) is 4.98 Å². The summed E-state index contributed by atoms with van der Waals surface area (Å²) >= 11 is 1.35. The number of nitrogens with zero attached hydrogens (tertiary/aromatic N) is 1. The van der Waals surface area contributed by atoms with E-state index in [1.807, 2.05) is 13.8 Å². The van der Waals surface area contributed by atoms with Gasteiger partial charge in [-0.05, 0) is 26.7 Å². The predicted molar refractivity (Wildman–Crippen MR) is 65.3 cm³/mol. The largest absolute Gasteiger partial charge is 0.481 e. The maximum Gasteiger partial charge on any atom is 0.303 e. The van der Waals surface area contributed by atoms with Crippen molar-refractivity contribution in [2.24, 2.45) is 0 Å². The summed E-state index contributed by atoms with van der Waals surface area (Å²) in [6, 6.07) is -0.0238. The van der Waals surface area contributed by atoms with Crippen LogP contribution in [-0.4, -0.2) is 28.0 Å². The molecule has 0 bridgehead atoms. The average molecular weight is 256 g/mol. The van der Waals surface area contributed by atoms with Crippen LogP contribution in [0.2, 0.25) is 0 Å². The van der Waals surface area contributed by atoms with Gasteiger partial charge in [0.15, 0.2) is 0 Å². The Morgan fingerprint density at radius 2 is 2.29 bits per heavy atom. The third-order valence-corrected chi connectivity index (χ3v) is 3.16. The minimum atomic E-state index is -0.804. The lowest BCUT2D eigenvalue weighted by atomic mass is 10.1. The normalized spacial score (nSPS) is 12.1. The summed E-state index contributed by atoms with van der Waals surface area (Å²) in [5.41, 5.74) is 0. The topological polar surface area (TPSA) is 79.3 Å². The monoisotopic (exact) mass is 256 g/mol. The lowest BCUT2D eigenvalue weighted by Crippen LogP contribution is -2.32. The molecule has 94 valence electrons. The van der Waals surface area contributed by atoms with Crippen molar-refractivity contribution in [2.75, 3.05) is 0 Å². The maximum absolute atomic E-state index is 11.7. The van der Waals surface area contributed by atoms with Crippen LogP contribution >= 0.6 is 11.3 Å². The SMILES string of the molecule is Cc1ncc(C(=O)NC(C)CCCC(=O)O)s1. The van der Waals surface area contributed by atoms with E-state index in [2.05, 4.69) is 10.3 Å². The molecule has 0 aromatic carbocycles. The van der Waals surface area contributed by atoms with Crippen LogP contribution in [-0.2, 0) is 4.79 Å². The molecule has 2 N–H and O–H groups in total. The van der Waals surface area contributed by atoms with Gasteiger partial charge in [0.2, 0.25) is 0 Å². The zero-order valence-corrected chi connectivity index (χ0v) is 10.7. The number of carbonyl (C=O) groups is 2. The number of aliphatic carboxylic acids is 1. The second-order valence-electron chi connectivity index (χ2n) is 3.90. The molecule has 1 heterocycles. The standard InChI is InChI=1S/C11H16N2O3S/c1-7(4-3-5-10(14)15)13-11(16)9-6-12-8(2)17-9/h6-7H,3-5H2,1-2H3,(H,13,16)(H,14,15). The number of carboxylic acid groups (broad SMARTS) is 1. The molecule has 0 fully saturated rings. The van der Waals surface area contributed by atoms with Crippen LogP contribution in [0.1, 0.15) is 40.9 Å². The summed E-state index contributed by atoms with van der Waals surface area (Å²) in [7, 11) is 0. The first-order chi connectivity index (χ1) is 7.99. The summed E-state index contributed by atoms with van der Waals surface area (Å²) < 4.78 is 0. The fraction of sp³-hybridized carbons (Fsp3) is 0.545. The molecule has 1 aromatic rings. The molecule has 1 rings (SSSR count). The van der Waals surface area contributed by atoms with E-state index in [4.69, 9.17) is 5.11 Å². The van der Waals surface area contributed by atoms with E-state index in [0.717, 1.165) is 5.01 Å². The Morgan fingerprint density at radius 3 is 2.82 bits per heavy atom. The number of hydrogen-bond acceptors (Lipinski definition) is 4. The van der Waals surface area contributed by atoms with Crippen molar-refractivity contribution in [1.82, 2.24) is 10.3 Å². The molecule has 17 heavy (non-hydrogen) atoms. The van der Waals surface area contributed by atoms with Gasteiger partial charge in [0.25, 0.3) is 5.91 Å². The van der Waals surface area contributed by atoms with E-state index in [0.29, 0.717) is 17.7 Å². The molecule has 1 unspecified atom stereocenters. The fourth-order valence-electron chi connectivity index (χ4n) is 1.39. The zero-order valence-electron chi connectivity index (χ0n) is 9.90. The van der Waals surface area contributed by atoms with Crippen molar-refractivity contribution < 1.29 is 14.7 Å². The van der Waals surface area contributed by atoms with Gasteiger partial charge < -0.3 is 10.4 Å². The highest BCUT2D eigenvalue weighted by molar-refractivity contribution is 7.13. The van der Waals surface area contributed by atoms with Crippen molar-refractivity contribution in [1.29, 1.82) is 0 Å². The minimum absolute atomic E-state index is 0.0238. The highest BCUT2D eigenvalue weighted by Crippen LogP contribution is 2.11. The summed E-state index contributed by atoms with van der Waals surface area (Å²) in [6.45, 7) is 3.71. The van der Waals surface area contributed by atoms with Crippen LogP contribution in [0, 0.1) is 6.92 Å². The van der Waals surface area contributed by atoms with E-state index >= 15 is 0 Å². The van der Waals surface area contributed by atoms with E-state index in [1.165, 1.54) is 11.3 Å². The molecular weight excluding hydrogens is 240 g/mol. The zero-order chi connectivity index (χ0) is 12.8. The maximum atomic E-state index is 11.7. The number of amides is 1. The molecule has 0 spiro atoms. The highest BCUT2D eigenvalue weighted by atomic mass is 32.1. The molecule has 0 aliphatic rings. The molecule has 0 saturated carbocycles. The van der Waals surface area contributed by atoms with Crippen LogP contribution < -0.4 is 5.32 Å². The summed E-state index contributed by atoms with van der Waals surface area (Å²) in [5, 5.41) is 12.2. The van der Waals surface area contributed by atoms with E-state index in [-0.39, 0.29) is 18.4 Å². The van der Waals surface area contributed by atoms with Crippen molar-refractivity contribution in [3.05, 3.63) is 16.1 Å². The first-order valence-electron chi connectivity index (χ1n) is 5.44. The van der Waals surface area contributed by atoms with E-state index in [9.17, 15) is 9.59 Å². The van der Waals surface area contributed by atoms with Gasteiger partial charge in [-0.2, -0.15) is 0 Å². The fourth-order valence-corrected chi connectivity index (χ4v) is 2.07. The van der Waals surface area contributed by atoms with Crippen molar-refractivity contribution in [3.63, 3.8) is 0 Å². The van der Waals surface area contributed by atoms with Gasteiger partial charge in [0.05, 0.1) is 11.2 Å². The molecule has 5 nitrogen and oxygen atoms in total. The first-order valence-corrected chi connectivity index (χ1v) is 6.25. The molecule has 0 radical (unpaired) electrons. The molecule has 1 aromatic heterocycles. The molecule has 1 atom stereocenters. The third kappa shape index (κ3) is 4.95. The number of aromatic nitrogens is 1. The molecule has 6 heteroatoms. The molecule has 0 aliphatic heterocycles. The Balaban J connectivity index is 2.33. The average Bonchev–Trinajstić information content (AvgIpc) is 2.64. The highest BCUT2D eigenvalue weighted by Gasteiger charge is 2.12. The number of aryl methyl sites for hydroxylation is 1. The number of hydrogen-bond donors (Lipinski definition) is 2. The Labute approximate surface area is 104 Å².